The van der Waals surface area contributed by atoms with Crippen molar-refractivity contribution in [3.8, 4) is 0 Å². The van der Waals surface area contributed by atoms with E-state index < -0.39 is 0 Å². The Morgan fingerprint density at radius 2 is 2.00 bits per heavy atom. The van der Waals surface area contributed by atoms with Gasteiger partial charge in [0, 0.05) is 50.9 Å². The molecule has 1 heterocycles. The molecule has 28 heavy (non-hydrogen) atoms. The molecule has 1 aromatic carbocycles. The highest BCUT2D eigenvalue weighted by Crippen LogP contribution is 2.25. The van der Waals surface area contributed by atoms with Gasteiger partial charge in [-0.05, 0) is 31.2 Å². The van der Waals surface area contributed by atoms with Gasteiger partial charge in [0.2, 0.25) is 5.91 Å². The van der Waals surface area contributed by atoms with Crippen LogP contribution in [0.5, 0.6) is 0 Å². The quantitative estimate of drug-likeness (QED) is 0.595. The molecule has 0 bridgehead atoms. The zero-order chi connectivity index (χ0) is 19.9. The summed E-state index contributed by atoms with van der Waals surface area (Å²) in [6.07, 6.45) is 3.56. The van der Waals surface area contributed by atoms with Gasteiger partial charge in [-0.15, -0.1) is 0 Å². The number of carbonyl (C=O) groups excluding carboxylic acids is 2. The number of nitrogens with one attached hydrogen (secondary N) is 3. The first-order chi connectivity index (χ1) is 13.6. The minimum atomic E-state index is -0.131. The number of nitrogens with zero attached hydrogens (tertiary/aromatic N) is 2. The Morgan fingerprint density at radius 1 is 1.21 bits per heavy atom. The first-order valence-electron chi connectivity index (χ1n) is 9.91. The molecule has 0 radical (unpaired) electrons. The lowest BCUT2D eigenvalue weighted by molar-refractivity contribution is -0.118. The van der Waals surface area contributed by atoms with Crippen molar-refractivity contribution >= 4 is 11.8 Å². The first-order valence-corrected chi connectivity index (χ1v) is 9.91. The van der Waals surface area contributed by atoms with Gasteiger partial charge in [-0.1, -0.05) is 30.3 Å². The van der Waals surface area contributed by atoms with E-state index in [1.165, 1.54) is 18.2 Å². The summed E-state index contributed by atoms with van der Waals surface area (Å²) >= 11 is 0. The normalized spacial score (nSPS) is 15.7. The molecule has 3 rings (SSSR count). The van der Waals surface area contributed by atoms with Crippen LogP contribution in [0.25, 0.3) is 0 Å². The van der Waals surface area contributed by atoms with Crippen LogP contribution >= 0.6 is 0 Å². The summed E-state index contributed by atoms with van der Waals surface area (Å²) < 4.78 is 2.01. The summed E-state index contributed by atoms with van der Waals surface area (Å²) in [5.41, 5.74) is 4.03. The summed E-state index contributed by atoms with van der Waals surface area (Å²) in [5, 5.41) is 13.7. The number of fused-ring (bicyclic) bond motifs is 1. The van der Waals surface area contributed by atoms with Crippen LogP contribution in [0.3, 0.4) is 0 Å². The highest BCUT2D eigenvalue weighted by atomic mass is 16.2. The monoisotopic (exact) mass is 383 g/mol. The van der Waals surface area contributed by atoms with E-state index in [4.69, 9.17) is 0 Å². The fourth-order valence-electron chi connectivity index (χ4n) is 3.74. The Hall–Kier alpha value is -2.67. The molecule has 2 aromatic rings. The van der Waals surface area contributed by atoms with Gasteiger partial charge < -0.3 is 16.0 Å². The zero-order valence-corrected chi connectivity index (χ0v) is 16.6. The van der Waals surface area contributed by atoms with Crippen LogP contribution in [0.4, 0.5) is 0 Å². The van der Waals surface area contributed by atoms with Crippen LogP contribution in [-0.2, 0) is 30.6 Å². The maximum Gasteiger partial charge on any atom is 0.271 e. The molecule has 7 nitrogen and oxygen atoms in total. The van der Waals surface area contributed by atoms with Crippen LogP contribution in [0, 0.1) is 0 Å². The Balaban J connectivity index is 1.69. The van der Waals surface area contributed by atoms with Crippen LogP contribution < -0.4 is 16.0 Å². The lowest BCUT2D eigenvalue weighted by Crippen LogP contribution is -2.40. The molecule has 0 saturated heterocycles. The van der Waals surface area contributed by atoms with E-state index in [0.29, 0.717) is 12.2 Å². The van der Waals surface area contributed by atoms with Gasteiger partial charge in [-0.3, -0.25) is 14.3 Å². The van der Waals surface area contributed by atoms with Crippen LogP contribution in [0.2, 0.25) is 0 Å². The zero-order valence-electron chi connectivity index (χ0n) is 16.6. The van der Waals surface area contributed by atoms with Gasteiger partial charge in [0.05, 0.1) is 0 Å². The molecule has 1 aliphatic carbocycles. The van der Waals surface area contributed by atoms with E-state index in [1.807, 2.05) is 22.9 Å². The van der Waals surface area contributed by atoms with E-state index in [9.17, 15) is 9.59 Å². The topological polar surface area (TPSA) is 88.1 Å². The Morgan fingerprint density at radius 3 is 2.71 bits per heavy atom. The molecule has 0 spiro atoms. The van der Waals surface area contributed by atoms with E-state index >= 15 is 0 Å². The maximum absolute atomic E-state index is 12.4. The number of aryl methyl sites for hydroxylation is 2. The predicted octanol–water partition coefficient (Wildman–Crippen LogP) is 1.07. The SMILES string of the molecule is CNC(=O)c1nn(CCc2ccccc2)c2c1C[C@H](NCCNC(C)=O)CC2. The lowest BCUT2D eigenvalue weighted by atomic mass is 9.91. The molecule has 0 saturated carbocycles. The Kier molecular flexibility index (Phi) is 6.81. The number of carbonyl (C=O) groups is 2. The minimum absolute atomic E-state index is 0.0191. The van der Waals surface area contributed by atoms with E-state index in [2.05, 4.69) is 33.2 Å². The molecule has 0 fully saturated rings. The molecular formula is C21H29N5O2. The average Bonchev–Trinajstić information content (AvgIpc) is 3.07. The summed E-state index contributed by atoms with van der Waals surface area (Å²) in [6.45, 7) is 3.62. The van der Waals surface area contributed by atoms with E-state index in [-0.39, 0.29) is 17.9 Å². The number of hydrogen-bond acceptors (Lipinski definition) is 4. The smallest absolute Gasteiger partial charge is 0.271 e. The average molecular weight is 383 g/mol. The van der Waals surface area contributed by atoms with Crippen molar-refractivity contribution in [2.24, 2.45) is 0 Å². The van der Waals surface area contributed by atoms with Crippen molar-refractivity contribution < 1.29 is 9.59 Å². The molecular weight excluding hydrogens is 354 g/mol. The Labute approximate surface area is 165 Å². The van der Waals surface area contributed by atoms with Gasteiger partial charge in [-0.2, -0.15) is 5.10 Å². The van der Waals surface area contributed by atoms with Gasteiger partial charge in [0.1, 0.15) is 0 Å². The number of aromatic nitrogens is 2. The number of amides is 2. The third kappa shape index (κ3) is 4.98. The van der Waals surface area contributed by atoms with Crippen LogP contribution in [-0.4, -0.2) is 47.8 Å². The fourth-order valence-corrected chi connectivity index (χ4v) is 3.74. The van der Waals surface area contributed by atoms with E-state index in [0.717, 1.165) is 44.3 Å². The van der Waals surface area contributed by atoms with E-state index in [1.54, 1.807) is 7.05 Å². The third-order valence-electron chi connectivity index (χ3n) is 5.18. The van der Waals surface area contributed by atoms with Crippen molar-refractivity contribution in [2.45, 2.75) is 45.2 Å². The molecule has 1 aromatic heterocycles. The number of rotatable bonds is 8. The van der Waals surface area contributed by atoms with Gasteiger partial charge >= 0.3 is 0 Å². The highest BCUT2D eigenvalue weighted by Gasteiger charge is 2.28. The molecule has 150 valence electrons. The van der Waals surface area contributed by atoms with Gasteiger partial charge in [0.15, 0.2) is 5.69 Å². The predicted molar refractivity (Wildman–Crippen MR) is 108 cm³/mol. The first kappa shape index (κ1) is 20.1. The van der Waals surface area contributed by atoms with Crippen molar-refractivity contribution in [2.75, 3.05) is 20.1 Å². The van der Waals surface area contributed by atoms with Crippen LogP contribution in [0.15, 0.2) is 30.3 Å². The van der Waals surface area contributed by atoms with Crippen molar-refractivity contribution in [1.29, 1.82) is 0 Å². The summed E-state index contributed by atoms with van der Waals surface area (Å²) in [4.78, 5) is 23.3. The summed E-state index contributed by atoms with van der Waals surface area (Å²) in [7, 11) is 1.64. The molecule has 1 atom stereocenters. The van der Waals surface area contributed by atoms with Gasteiger partial charge in [-0.25, -0.2) is 0 Å². The standard InChI is InChI=1S/C21H29N5O2/c1-15(27)23-11-12-24-17-8-9-19-18(14-17)20(21(28)22-2)25-26(19)13-10-16-6-4-3-5-7-16/h3-7,17,24H,8-14H2,1-2H3,(H,22,28)(H,23,27)/t17-/m1/s1. The third-order valence-corrected chi connectivity index (χ3v) is 5.18. The molecule has 3 N–H and O–H groups in total. The lowest BCUT2D eigenvalue weighted by Gasteiger charge is -2.24. The van der Waals surface area contributed by atoms with Crippen LogP contribution in [0.1, 0.15) is 40.7 Å². The highest BCUT2D eigenvalue weighted by molar-refractivity contribution is 5.93. The summed E-state index contributed by atoms with van der Waals surface area (Å²) in [5.74, 6) is -0.150. The van der Waals surface area contributed by atoms with Gasteiger partial charge in [0.25, 0.3) is 5.91 Å². The Bertz CT molecular complexity index is 816. The minimum Gasteiger partial charge on any atom is -0.355 e. The van der Waals surface area contributed by atoms with Crippen molar-refractivity contribution in [3.63, 3.8) is 0 Å². The van der Waals surface area contributed by atoms with Crippen molar-refractivity contribution in [3.05, 3.63) is 52.8 Å². The number of benzene rings is 1. The molecule has 2 amide bonds. The maximum atomic E-state index is 12.4. The van der Waals surface area contributed by atoms with Crippen molar-refractivity contribution in [1.82, 2.24) is 25.7 Å². The largest absolute Gasteiger partial charge is 0.355 e. The molecule has 7 heteroatoms. The number of hydrogen-bond donors (Lipinski definition) is 3. The molecule has 1 aliphatic rings. The second kappa shape index (κ2) is 9.50. The summed E-state index contributed by atoms with van der Waals surface area (Å²) in [6, 6.07) is 10.6. The molecule has 0 unspecified atom stereocenters. The molecule has 0 aliphatic heterocycles. The second-order valence-electron chi connectivity index (χ2n) is 7.19. The second-order valence-corrected chi connectivity index (χ2v) is 7.19. The fraction of sp³-hybridized carbons (Fsp3) is 0.476.